The smallest absolute Gasteiger partial charge is 0.240 e. The van der Waals surface area contributed by atoms with Crippen LogP contribution in [0.2, 0.25) is 0 Å². The number of β-amino-alcohol motifs (C(OH)–C–C–N with tert-alkyl or cyclic N) is 1. The SMILES string of the molecule is C[C@H]1[C@@H](CN2CC[C@H](O)C2)O[C@@H](c2ccc(-c3ccccc3CNS(=O)(=O)c3ccccc3)cc2)O[C@H]1c1ccc(CO)cc1. The minimum atomic E-state index is -3.65. The minimum absolute atomic E-state index is 0.0125. The van der Waals surface area contributed by atoms with Crippen molar-refractivity contribution >= 4 is 10.0 Å². The van der Waals surface area contributed by atoms with Gasteiger partial charge in [-0.25, -0.2) is 13.1 Å². The summed E-state index contributed by atoms with van der Waals surface area (Å²) in [5.74, 6) is 0.0600. The predicted octanol–water partition coefficient (Wildman–Crippen LogP) is 5.18. The molecule has 2 saturated heterocycles. The second kappa shape index (κ2) is 13.9. The van der Waals surface area contributed by atoms with E-state index >= 15 is 0 Å². The summed E-state index contributed by atoms with van der Waals surface area (Å²) in [6, 6.07) is 32.0. The van der Waals surface area contributed by atoms with Gasteiger partial charge in [0.05, 0.1) is 29.8 Å². The van der Waals surface area contributed by atoms with E-state index in [1.165, 1.54) is 0 Å². The first-order valence-electron chi connectivity index (χ1n) is 15.4. The van der Waals surface area contributed by atoms with E-state index in [2.05, 4.69) is 16.5 Å². The molecule has 0 radical (unpaired) electrons. The van der Waals surface area contributed by atoms with Crippen LogP contribution in [-0.2, 0) is 32.6 Å². The molecule has 0 amide bonds. The molecule has 3 N–H and O–H groups in total. The Morgan fingerprint density at radius 1 is 0.867 bits per heavy atom. The molecule has 2 fully saturated rings. The van der Waals surface area contributed by atoms with Gasteiger partial charge in [-0.05, 0) is 46.4 Å². The number of aliphatic hydroxyl groups is 2. The Morgan fingerprint density at radius 3 is 2.24 bits per heavy atom. The van der Waals surface area contributed by atoms with Crippen molar-refractivity contribution in [1.82, 2.24) is 9.62 Å². The first-order valence-corrected chi connectivity index (χ1v) is 16.9. The van der Waals surface area contributed by atoms with Crippen molar-refractivity contribution in [2.45, 2.75) is 56.0 Å². The zero-order valence-corrected chi connectivity index (χ0v) is 26.1. The van der Waals surface area contributed by atoms with Gasteiger partial charge < -0.3 is 19.7 Å². The molecule has 2 aliphatic rings. The van der Waals surface area contributed by atoms with Crippen molar-refractivity contribution in [3.05, 3.63) is 125 Å². The normalized spacial score (nSPS) is 24.1. The van der Waals surface area contributed by atoms with Gasteiger partial charge in [-0.2, -0.15) is 0 Å². The van der Waals surface area contributed by atoms with Gasteiger partial charge in [-0.1, -0.05) is 97.9 Å². The van der Waals surface area contributed by atoms with E-state index in [0.29, 0.717) is 13.1 Å². The van der Waals surface area contributed by atoms with E-state index in [4.69, 9.17) is 9.47 Å². The predicted molar refractivity (Wildman–Crippen MR) is 172 cm³/mol. The highest BCUT2D eigenvalue weighted by Crippen LogP contribution is 2.42. The molecule has 236 valence electrons. The van der Waals surface area contributed by atoms with E-state index in [1.807, 2.05) is 72.8 Å². The van der Waals surface area contributed by atoms with Crippen LogP contribution in [0.4, 0.5) is 0 Å². The third kappa shape index (κ3) is 7.37. The van der Waals surface area contributed by atoms with Crippen LogP contribution in [0.3, 0.4) is 0 Å². The van der Waals surface area contributed by atoms with Gasteiger partial charge >= 0.3 is 0 Å². The number of benzene rings is 4. The second-order valence-electron chi connectivity index (χ2n) is 11.9. The molecular weight excluding hydrogens is 588 g/mol. The van der Waals surface area contributed by atoms with Crippen molar-refractivity contribution in [2.24, 2.45) is 5.92 Å². The van der Waals surface area contributed by atoms with Gasteiger partial charge in [0.1, 0.15) is 0 Å². The molecular formula is C36H40N2O6S. The van der Waals surface area contributed by atoms with Gasteiger partial charge in [-0.3, -0.25) is 4.90 Å². The van der Waals surface area contributed by atoms with Crippen molar-refractivity contribution in [3.63, 3.8) is 0 Å². The summed E-state index contributed by atoms with van der Waals surface area (Å²) < 4.78 is 41.6. The van der Waals surface area contributed by atoms with Gasteiger partial charge in [0.15, 0.2) is 6.29 Å². The summed E-state index contributed by atoms with van der Waals surface area (Å²) in [5, 5.41) is 19.6. The monoisotopic (exact) mass is 628 g/mol. The van der Waals surface area contributed by atoms with Gasteiger partial charge in [0.2, 0.25) is 10.0 Å². The third-order valence-electron chi connectivity index (χ3n) is 8.83. The molecule has 9 heteroatoms. The first kappa shape index (κ1) is 31.6. The molecule has 45 heavy (non-hydrogen) atoms. The number of nitrogens with one attached hydrogen (secondary N) is 1. The van der Waals surface area contributed by atoms with Crippen molar-refractivity contribution in [1.29, 1.82) is 0 Å². The lowest BCUT2D eigenvalue weighted by Gasteiger charge is -2.42. The highest BCUT2D eigenvalue weighted by Gasteiger charge is 2.39. The van der Waals surface area contributed by atoms with Crippen LogP contribution in [0.5, 0.6) is 0 Å². The number of hydrogen-bond donors (Lipinski definition) is 3. The fraction of sp³-hybridized carbons (Fsp3) is 0.333. The zero-order chi connectivity index (χ0) is 31.4. The van der Waals surface area contributed by atoms with E-state index in [1.54, 1.807) is 30.3 Å². The fourth-order valence-corrected chi connectivity index (χ4v) is 7.22. The van der Waals surface area contributed by atoms with Crippen LogP contribution in [0.1, 0.15) is 48.0 Å². The minimum Gasteiger partial charge on any atom is -0.392 e. The van der Waals surface area contributed by atoms with Crippen LogP contribution >= 0.6 is 0 Å². The van der Waals surface area contributed by atoms with Gasteiger partial charge in [-0.15, -0.1) is 0 Å². The van der Waals surface area contributed by atoms with Crippen molar-refractivity contribution in [3.8, 4) is 11.1 Å². The topological polar surface area (TPSA) is 108 Å². The maximum absolute atomic E-state index is 12.8. The maximum atomic E-state index is 12.8. The Labute approximate surface area is 265 Å². The van der Waals surface area contributed by atoms with Crippen LogP contribution in [0.15, 0.2) is 108 Å². The molecule has 0 aromatic heterocycles. The Morgan fingerprint density at radius 2 is 1.56 bits per heavy atom. The largest absolute Gasteiger partial charge is 0.392 e. The summed E-state index contributed by atoms with van der Waals surface area (Å²) in [5.41, 5.74) is 5.52. The highest BCUT2D eigenvalue weighted by molar-refractivity contribution is 7.89. The highest BCUT2D eigenvalue weighted by atomic mass is 32.2. The molecule has 0 saturated carbocycles. The first-order chi connectivity index (χ1) is 21.8. The molecule has 5 atom stereocenters. The Kier molecular flexibility index (Phi) is 9.77. The van der Waals surface area contributed by atoms with Gasteiger partial charge in [0.25, 0.3) is 0 Å². The second-order valence-corrected chi connectivity index (χ2v) is 13.7. The van der Waals surface area contributed by atoms with Crippen molar-refractivity contribution in [2.75, 3.05) is 19.6 Å². The molecule has 6 rings (SSSR count). The molecule has 0 bridgehead atoms. The standard InChI is InChI=1S/C36H40N2O6S/c1-25-34(23-38-20-19-31(40)22-38)43-36(44-35(25)28-13-11-26(24-39)12-14-28)29-17-15-27(16-18-29)33-10-6-5-7-30(33)21-37-45(41,42)32-8-3-2-4-9-32/h2-18,25,31,34-37,39-40H,19-24H2,1H3/t25-,31-,34+,35+,36+/m0/s1. The average Bonchev–Trinajstić information content (AvgIpc) is 3.49. The Balaban J connectivity index is 1.22. The maximum Gasteiger partial charge on any atom is 0.240 e. The average molecular weight is 629 g/mol. The summed E-state index contributed by atoms with van der Waals surface area (Å²) in [4.78, 5) is 2.49. The number of ether oxygens (including phenoxy) is 2. The fourth-order valence-electron chi connectivity index (χ4n) is 6.19. The van der Waals surface area contributed by atoms with E-state index in [9.17, 15) is 18.6 Å². The Hall–Kier alpha value is -3.41. The lowest BCUT2D eigenvalue weighted by atomic mass is 9.90. The number of hydrogen-bond acceptors (Lipinski definition) is 7. The molecule has 2 heterocycles. The Bertz CT molecular complexity index is 1660. The van der Waals surface area contributed by atoms with E-state index in [-0.39, 0.29) is 42.3 Å². The summed E-state index contributed by atoms with van der Waals surface area (Å²) in [6.45, 7) is 4.47. The molecule has 4 aromatic carbocycles. The number of rotatable bonds is 10. The lowest BCUT2D eigenvalue weighted by Crippen LogP contribution is -2.44. The molecule has 0 unspecified atom stereocenters. The molecule has 0 aliphatic carbocycles. The molecule has 0 spiro atoms. The molecule has 2 aliphatic heterocycles. The van der Waals surface area contributed by atoms with Crippen LogP contribution in [-0.4, -0.2) is 55.4 Å². The van der Waals surface area contributed by atoms with Crippen LogP contribution in [0, 0.1) is 5.92 Å². The van der Waals surface area contributed by atoms with Gasteiger partial charge in [0, 0.05) is 37.7 Å². The van der Waals surface area contributed by atoms with Crippen LogP contribution in [0.25, 0.3) is 11.1 Å². The van der Waals surface area contributed by atoms with E-state index < -0.39 is 16.3 Å². The van der Waals surface area contributed by atoms with Crippen LogP contribution < -0.4 is 4.72 Å². The molecule has 4 aromatic rings. The molecule has 8 nitrogen and oxygen atoms in total. The lowest BCUT2D eigenvalue weighted by molar-refractivity contribution is -0.276. The number of aliphatic hydroxyl groups excluding tert-OH is 2. The van der Waals surface area contributed by atoms with E-state index in [0.717, 1.165) is 46.3 Å². The summed E-state index contributed by atoms with van der Waals surface area (Å²) in [7, 11) is -3.65. The quantitative estimate of drug-likeness (QED) is 0.222. The zero-order valence-electron chi connectivity index (χ0n) is 25.3. The summed E-state index contributed by atoms with van der Waals surface area (Å²) >= 11 is 0. The third-order valence-corrected chi connectivity index (χ3v) is 10.2. The summed E-state index contributed by atoms with van der Waals surface area (Å²) in [6.07, 6.45) is -0.462. The number of nitrogens with zero attached hydrogens (tertiary/aromatic N) is 1. The van der Waals surface area contributed by atoms with Crippen molar-refractivity contribution < 1.29 is 28.1 Å². The number of sulfonamides is 1. The number of likely N-dealkylation sites (tertiary alicyclic amines) is 1.